The van der Waals surface area contributed by atoms with E-state index >= 15 is 0 Å². The normalized spacial score (nSPS) is 14.0. The van der Waals surface area contributed by atoms with Gasteiger partial charge in [-0.1, -0.05) is 6.07 Å². The van der Waals surface area contributed by atoms with E-state index in [9.17, 15) is 0 Å². The Kier molecular flexibility index (Phi) is 12.1. The van der Waals surface area contributed by atoms with Gasteiger partial charge in [0, 0.05) is 39.3 Å². The van der Waals surface area contributed by atoms with Crippen molar-refractivity contribution in [2.75, 3.05) is 60.1 Å². The summed E-state index contributed by atoms with van der Waals surface area (Å²) < 4.78 is 16.5. The Labute approximate surface area is 197 Å². The first kappa shape index (κ1) is 26.9. The van der Waals surface area contributed by atoms with Gasteiger partial charge in [-0.05, 0) is 48.4 Å². The number of hydrogen-bond acceptors (Lipinski definition) is 6. The lowest BCUT2D eigenvalue weighted by molar-refractivity contribution is 0.118. The topological polar surface area (TPSA) is 58.0 Å². The number of hydrogen-bond donors (Lipinski definition) is 0. The number of piperazine rings is 1. The molecule has 2 aromatic rings. The summed E-state index contributed by atoms with van der Waals surface area (Å²) in [7, 11) is 3.33. The zero-order valence-electron chi connectivity index (χ0n) is 18.1. The molecule has 31 heavy (non-hydrogen) atoms. The summed E-state index contributed by atoms with van der Waals surface area (Å²) in [6.45, 7) is 6.89. The van der Waals surface area contributed by atoms with Gasteiger partial charge in [-0.2, -0.15) is 5.26 Å². The van der Waals surface area contributed by atoms with Crippen LogP contribution in [0.3, 0.4) is 0 Å². The predicted molar refractivity (Wildman–Crippen MR) is 127 cm³/mol. The van der Waals surface area contributed by atoms with Crippen molar-refractivity contribution in [1.29, 1.82) is 5.26 Å². The molecule has 1 aliphatic heterocycles. The van der Waals surface area contributed by atoms with Gasteiger partial charge in [-0.25, -0.2) is 0 Å². The van der Waals surface area contributed by atoms with Crippen molar-refractivity contribution < 1.29 is 14.2 Å². The standard InChI is InChI=1S/C23H29N3O3.2ClH/c1-27-22-8-5-19(17-23(22)28-2)9-10-25-11-13-26(14-12-25)15-16-29-21-6-3-20(18-24)4-7-21;;/h3-8,17H,9-16H2,1-2H3;2*1H. The largest absolute Gasteiger partial charge is 0.493 e. The number of methoxy groups -OCH3 is 2. The third-order valence-corrected chi connectivity index (χ3v) is 5.29. The van der Waals surface area contributed by atoms with E-state index < -0.39 is 0 Å². The predicted octanol–water partition coefficient (Wildman–Crippen LogP) is 3.66. The van der Waals surface area contributed by atoms with Gasteiger partial charge in [0.05, 0.1) is 25.9 Å². The number of ether oxygens (including phenoxy) is 3. The highest BCUT2D eigenvalue weighted by Crippen LogP contribution is 2.27. The first-order valence-corrected chi connectivity index (χ1v) is 10.0. The molecular formula is C23H31Cl2N3O3. The van der Waals surface area contributed by atoms with Crippen LogP contribution in [0.1, 0.15) is 11.1 Å². The number of halogens is 2. The smallest absolute Gasteiger partial charge is 0.160 e. The summed E-state index contributed by atoms with van der Waals surface area (Å²) in [4.78, 5) is 4.95. The van der Waals surface area contributed by atoms with Crippen molar-refractivity contribution in [3.05, 3.63) is 53.6 Å². The maximum Gasteiger partial charge on any atom is 0.160 e. The maximum absolute atomic E-state index is 8.83. The van der Waals surface area contributed by atoms with Crippen LogP contribution in [0.5, 0.6) is 17.2 Å². The second kappa shape index (κ2) is 14.0. The van der Waals surface area contributed by atoms with E-state index in [-0.39, 0.29) is 24.8 Å². The molecule has 1 heterocycles. The van der Waals surface area contributed by atoms with Crippen LogP contribution in [0.15, 0.2) is 42.5 Å². The highest BCUT2D eigenvalue weighted by Gasteiger charge is 2.16. The Balaban J connectivity index is 0.00000240. The van der Waals surface area contributed by atoms with E-state index in [1.54, 1.807) is 26.4 Å². The number of benzene rings is 2. The van der Waals surface area contributed by atoms with Gasteiger partial charge in [0.2, 0.25) is 0 Å². The molecule has 1 saturated heterocycles. The van der Waals surface area contributed by atoms with Gasteiger partial charge in [0.1, 0.15) is 12.4 Å². The molecule has 2 aromatic carbocycles. The average Bonchev–Trinajstić information content (AvgIpc) is 2.78. The van der Waals surface area contributed by atoms with Crippen LogP contribution in [-0.4, -0.2) is 69.9 Å². The van der Waals surface area contributed by atoms with E-state index in [1.165, 1.54) is 5.56 Å². The van der Waals surface area contributed by atoms with Gasteiger partial charge in [-0.15, -0.1) is 24.8 Å². The quantitative estimate of drug-likeness (QED) is 0.560. The molecule has 8 heteroatoms. The van der Waals surface area contributed by atoms with Crippen molar-refractivity contribution in [3.8, 4) is 23.3 Å². The van der Waals surface area contributed by atoms with E-state index in [2.05, 4.69) is 28.0 Å². The summed E-state index contributed by atoms with van der Waals surface area (Å²) in [5.74, 6) is 2.38. The maximum atomic E-state index is 8.83. The number of nitriles is 1. The first-order chi connectivity index (χ1) is 14.2. The minimum Gasteiger partial charge on any atom is -0.493 e. The van der Waals surface area contributed by atoms with Crippen LogP contribution >= 0.6 is 24.8 Å². The zero-order valence-corrected chi connectivity index (χ0v) is 19.7. The second-order valence-electron chi connectivity index (χ2n) is 7.11. The molecule has 0 N–H and O–H groups in total. The first-order valence-electron chi connectivity index (χ1n) is 10.0. The highest BCUT2D eigenvalue weighted by atomic mass is 35.5. The third-order valence-electron chi connectivity index (χ3n) is 5.29. The lowest BCUT2D eigenvalue weighted by Crippen LogP contribution is -2.47. The molecule has 0 spiro atoms. The molecular weight excluding hydrogens is 437 g/mol. The van der Waals surface area contributed by atoms with E-state index in [0.29, 0.717) is 12.2 Å². The van der Waals surface area contributed by atoms with Crippen LogP contribution in [0, 0.1) is 11.3 Å². The van der Waals surface area contributed by atoms with Crippen molar-refractivity contribution in [3.63, 3.8) is 0 Å². The van der Waals surface area contributed by atoms with Gasteiger partial charge >= 0.3 is 0 Å². The minimum atomic E-state index is 0. The van der Waals surface area contributed by atoms with Crippen molar-refractivity contribution in [2.45, 2.75) is 6.42 Å². The molecule has 0 atom stereocenters. The van der Waals surface area contributed by atoms with Gasteiger partial charge in [0.15, 0.2) is 11.5 Å². The number of nitrogens with zero attached hydrogens (tertiary/aromatic N) is 3. The Morgan fingerprint density at radius 2 is 1.45 bits per heavy atom. The Morgan fingerprint density at radius 1 is 0.839 bits per heavy atom. The van der Waals surface area contributed by atoms with Crippen molar-refractivity contribution in [1.82, 2.24) is 9.80 Å². The summed E-state index contributed by atoms with van der Waals surface area (Å²) in [6.07, 6.45) is 1.00. The zero-order chi connectivity index (χ0) is 20.5. The van der Waals surface area contributed by atoms with Crippen LogP contribution in [-0.2, 0) is 6.42 Å². The molecule has 0 bridgehead atoms. The minimum absolute atomic E-state index is 0. The fraction of sp³-hybridized carbons (Fsp3) is 0.435. The highest BCUT2D eigenvalue weighted by molar-refractivity contribution is 5.85. The Hall–Kier alpha value is -2.17. The van der Waals surface area contributed by atoms with E-state index in [4.69, 9.17) is 19.5 Å². The van der Waals surface area contributed by atoms with Gasteiger partial charge < -0.3 is 19.1 Å². The second-order valence-corrected chi connectivity index (χ2v) is 7.11. The Bertz CT molecular complexity index is 820. The summed E-state index contributed by atoms with van der Waals surface area (Å²) in [5, 5.41) is 8.83. The van der Waals surface area contributed by atoms with E-state index in [0.717, 1.165) is 62.9 Å². The van der Waals surface area contributed by atoms with Gasteiger partial charge in [0.25, 0.3) is 0 Å². The van der Waals surface area contributed by atoms with Crippen LogP contribution in [0.25, 0.3) is 0 Å². The van der Waals surface area contributed by atoms with Crippen LogP contribution in [0.2, 0.25) is 0 Å². The molecule has 3 rings (SSSR count). The van der Waals surface area contributed by atoms with Crippen LogP contribution < -0.4 is 14.2 Å². The molecule has 0 radical (unpaired) electrons. The molecule has 0 saturated carbocycles. The molecule has 0 aliphatic carbocycles. The fourth-order valence-electron chi connectivity index (χ4n) is 3.48. The van der Waals surface area contributed by atoms with Gasteiger partial charge in [-0.3, -0.25) is 4.90 Å². The SMILES string of the molecule is COc1ccc(CCN2CCN(CCOc3ccc(C#N)cc3)CC2)cc1OC.Cl.Cl. The van der Waals surface area contributed by atoms with Crippen LogP contribution in [0.4, 0.5) is 0 Å². The molecule has 0 aromatic heterocycles. The summed E-state index contributed by atoms with van der Waals surface area (Å²) in [6, 6.07) is 15.5. The molecule has 1 fully saturated rings. The molecule has 6 nitrogen and oxygen atoms in total. The van der Waals surface area contributed by atoms with E-state index in [1.807, 2.05) is 18.2 Å². The Morgan fingerprint density at radius 3 is 2.03 bits per heavy atom. The lowest BCUT2D eigenvalue weighted by atomic mass is 10.1. The summed E-state index contributed by atoms with van der Waals surface area (Å²) >= 11 is 0. The summed E-state index contributed by atoms with van der Waals surface area (Å²) in [5.41, 5.74) is 1.92. The monoisotopic (exact) mass is 467 g/mol. The van der Waals surface area contributed by atoms with Crippen molar-refractivity contribution >= 4 is 24.8 Å². The average molecular weight is 468 g/mol. The molecule has 170 valence electrons. The molecule has 0 amide bonds. The molecule has 0 unspecified atom stereocenters. The molecule has 1 aliphatic rings. The van der Waals surface area contributed by atoms with Crippen molar-refractivity contribution in [2.24, 2.45) is 0 Å². The number of rotatable bonds is 9. The third kappa shape index (κ3) is 8.12. The fourth-order valence-corrected chi connectivity index (χ4v) is 3.48. The lowest BCUT2D eigenvalue weighted by Gasteiger charge is -2.34.